The molecular formula is C16H17N5O. The van der Waals surface area contributed by atoms with Crippen LogP contribution in [0.2, 0.25) is 0 Å². The van der Waals surface area contributed by atoms with E-state index in [1.54, 1.807) is 12.4 Å². The highest BCUT2D eigenvalue weighted by molar-refractivity contribution is 5.75. The molecule has 6 nitrogen and oxygen atoms in total. The first-order valence-corrected chi connectivity index (χ1v) is 7.50. The van der Waals surface area contributed by atoms with Crippen LogP contribution in [-0.2, 0) is 11.3 Å². The topological polar surface area (TPSA) is 64.9 Å². The van der Waals surface area contributed by atoms with E-state index in [0.717, 1.165) is 48.5 Å². The summed E-state index contributed by atoms with van der Waals surface area (Å²) in [6, 6.07) is 7.82. The molecule has 0 radical (unpaired) electrons. The Morgan fingerprint density at radius 1 is 1.23 bits per heavy atom. The summed E-state index contributed by atoms with van der Waals surface area (Å²) in [4.78, 5) is 8.94. The van der Waals surface area contributed by atoms with Gasteiger partial charge in [0.15, 0.2) is 0 Å². The summed E-state index contributed by atoms with van der Waals surface area (Å²) in [6.07, 6.45) is 8.04. The van der Waals surface area contributed by atoms with Gasteiger partial charge in [0.05, 0.1) is 41.8 Å². The summed E-state index contributed by atoms with van der Waals surface area (Å²) in [5.41, 5.74) is 2.67. The number of nitrogens with one attached hydrogen (secondary N) is 1. The molecule has 1 fully saturated rings. The average Bonchev–Trinajstić information content (AvgIpc) is 3.20. The Morgan fingerprint density at radius 2 is 2.14 bits per heavy atom. The molecule has 0 bridgehead atoms. The minimum absolute atomic E-state index is 0.285. The van der Waals surface area contributed by atoms with Gasteiger partial charge >= 0.3 is 0 Å². The summed E-state index contributed by atoms with van der Waals surface area (Å²) < 4.78 is 7.54. The van der Waals surface area contributed by atoms with Gasteiger partial charge in [-0.2, -0.15) is 5.10 Å². The van der Waals surface area contributed by atoms with Gasteiger partial charge in [0, 0.05) is 12.8 Å². The van der Waals surface area contributed by atoms with Gasteiger partial charge < -0.3 is 10.1 Å². The Kier molecular flexibility index (Phi) is 3.44. The second kappa shape index (κ2) is 5.73. The van der Waals surface area contributed by atoms with Gasteiger partial charge in [0.2, 0.25) is 0 Å². The van der Waals surface area contributed by atoms with Crippen molar-refractivity contribution in [3.05, 3.63) is 42.9 Å². The highest BCUT2D eigenvalue weighted by Gasteiger charge is 2.16. The molecule has 0 saturated carbocycles. The number of ether oxygens (including phenoxy) is 1. The molecule has 0 aliphatic carbocycles. The van der Waals surface area contributed by atoms with Crippen LogP contribution in [0, 0.1) is 0 Å². The third-order valence-corrected chi connectivity index (χ3v) is 3.77. The Morgan fingerprint density at radius 3 is 3.00 bits per heavy atom. The van der Waals surface area contributed by atoms with Gasteiger partial charge in [0.25, 0.3) is 0 Å². The third-order valence-electron chi connectivity index (χ3n) is 3.77. The van der Waals surface area contributed by atoms with Crippen LogP contribution < -0.4 is 5.32 Å². The number of hydrogen-bond donors (Lipinski definition) is 1. The van der Waals surface area contributed by atoms with Crippen LogP contribution in [0.4, 0.5) is 11.5 Å². The number of benzene rings is 1. The molecule has 4 rings (SSSR count). The quantitative estimate of drug-likeness (QED) is 0.801. The van der Waals surface area contributed by atoms with Gasteiger partial charge in [-0.3, -0.25) is 9.67 Å². The fraction of sp³-hybridized carbons (Fsp3) is 0.312. The fourth-order valence-electron chi connectivity index (χ4n) is 2.69. The second-order valence-electron chi connectivity index (χ2n) is 5.46. The molecule has 1 saturated heterocycles. The minimum atomic E-state index is 0.285. The van der Waals surface area contributed by atoms with Gasteiger partial charge in [-0.25, -0.2) is 4.98 Å². The maximum atomic E-state index is 5.63. The highest BCUT2D eigenvalue weighted by atomic mass is 16.5. The van der Waals surface area contributed by atoms with Crippen molar-refractivity contribution in [2.75, 3.05) is 11.9 Å². The molecule has 22 heavy (non-hydrogen) atoms. The van der Waals surface area contributed by atoms with Crippen LogP contribution in [0.25, 0.3) is 11.0 Å². The largest absolute Gasteiger partial charge is 0.376 e. The Balaban J connectivity index is 1.48. The Bertz CT molecular complexity index is 779. The normalized spacial score (nSPS) is 17.9. The van der Waals surface area contributed by atoms with Crippen molar-refractivity contribution >= 4 is 22.5 Å². The third kappa shape index (κ3) is 2.78. The van der Waals surface area contributed by atoms with Gasteiger partial charge in [-0.05, 0) is 25.0 Å². The van der Waals surface area contributed by atoms with Crippen molar-refractivity contribution in [3.63, 3.8) is 0 Å². The summed E-state index contributed by atoms with van der Waals surface area (Å²) in [5, 5.41) is 7.61. The highest BCUT2D eigenvalue weighted by Crippen LogP contribution is 2.18. The maximum Gasteiger partial charge on any atom is 0.149 e. The number of fused-ring (bicyclic) bond motifs is 1. The van der Waals surface area contributed by atoms with E-state index in [0.29, 0.717) is 0 Å². The Labute approximate surface area is 128 Å². The monoisotopic (exact) mass is 295 g/mol. The van der Waals surface area contributed by atoms with Gasteiger partial charge in [-0.1, -0.05) is 12.1 Å². The maximum absolute atomic E-state index is 5.63. The van der Waals surface area contributed by atoms with Gasteiger partial charge in [0.1, 0.15) is 5.82 Å². The molecule has 3 heterocycles. The van der Waals surface area contributed by atoms with Crippen molar-refractivity contribution in [2.45, 2.75) is 25.5 Å². The molecule has 2 aromatic heterocycles. The summed E-state index contributed by atoms with van der Waals surface area (Å²) in [6.45, 7) is 1.66. The van der Waals surface area contributed by atoms with Crippen LogP contribution >= 0.6 is 0 Å². The molecule has 112 valence electrons. The number of nitrogens with zero attached hydrogens (tertiary/aromatic N) is 4. The average molecular weight is 295 g/mol. The molecule has 1 aliphatic rings. The number of para-hydroxylation sites is 2. The minimum Gasteiger partial charge on any atom is -0.376 e. The van der Waals surface area contributed by atoms with Crippen molar-refractivity contribution in [2.24, 2.45) is 0 Å². The summed E-state index contributed by atoms with van der Waals surface area (Å²) >= 11 is 0. The molecule has 6 heteroatoms. The van der Waals surface area contributed by atoms with Crippen molar-refractivity contribution in [1.29, 1.82) is 0 Å². The Hall–Kier alpha value is -2.47. The van der Waals surface area contributed by atoms with Crippen LogP contribution in [0.3, 0.4) is 0 Å². The lowest BCUT2D eigenvalue weighted by atomic mass is 10.2. The van der Waals surface area contributed by atoms with E-state index in [4.69, 9.17) is 4.74 Å². The molecule has 0 spiro atoms. The first-order chi connectivity index (χ1) is 10.9. The van der Waals surface area contributed by atoms with Gasteiger partial charge in [-0.15, -0.1) is 0 Å². The second-order valence-corrected chi connectivity index (χ2v) is 5.46. The van der Waals surface area contributed by atoms with Crippen molar-refractivity contribution in [3.8, 4) is 0 Å². The lowest BCUT2D eigenvalue weighted by molar-refractivity contribution is 0.0940. The number of hydrogen-bond acceptors (Lipinski definition) is 5. The molecule has 1 aromatic carbocycles. The first-order valence-electron chi connectivity index (χ1n) is 7.50. The fourth-order valence-corrected chi connectivity index (χ4v) is 2.69. The van der Waals surface area contributed by atoms with Crippen molar-refractivity contribution in [1.82, 2.24) is 19.7 Å². The van der Waals surface area contributed by atoms with Crippen LogP contribution in [0.5, 0.6) is 0 Å². The van der Waals surface area contributed by atoms with Crippen LogP contribution in [-0.4, -0.2) is 32.5 Å². The van der Waals surface area contributed by atoms with E-state index in [1.165, 1.54) is 0 Å². The predicted molar refractivity (Wildman–Crippen MR) is 84.0 cm³/mol. The standard InChI is InChI=1S/C16H17N5O/c1-2-6-15-14(5-1)17-9-16(20-15)19-12-8-18-21(10-12)11-13-4-3-7-22-13/h1-2,5-6,8-10,13H,3-4,7,11H2,(H,19,20)/t13-/m1/s1. The van der Waals surface area contributed by atoms with Crippen LogP contribution in [0.15, 0.2) is 42.9 Å². The van der Waals surface area contributed by atoms with E-state index in [1.807, 2.05) is 35.1 Å². The van der Waals surface area contributed by atoms with Crippen LogP contribution in [0.1, 0.15) is 12.8 Å². The van der Waals surface area contributed by atoms with E-state index in [9.17, 15) is 0 Å². The number of rotatable bonds is 4. The number of aromatic nitrogens is 4. The lowest BCUT2D eigenvalue weighted by Gasteiger charge is -2.08. The smallest absolute Gasteiger partial charge is 0.149 e. The molecule has 0 amide bonds. The summed E-state index contributed by atoms with van der Waals surface area (Å²) in [5.74, 6) is 0.718. The first kappa shape index (κ1) is 13.2. The lowest BCUT2D eigenvalue weighted by Crippen LogP contribution is -2.15. The molecule has 0 unspecified atom stereocenters. The zero-order valence-electron chi connectivity index (χ0n) is 12.1. The molecule has 1 atom stereocenters. The van der Waals surface area contributed by atoms with E-state index < -0.39 is 0 Å². The van der Waals surface area contributed by atoms with E-state index in [-0.39, 0.29) is 6.10 Å². The predicted octanol–water partition coefficient (Wildman–Crippen LogP) is 2.75. The zero-order valence-corrected chi connectivity index (χ0v) is 12.1. The molecule has 1 N–H and O–H groups in total. The molecule has 1 aliphatic heterocycles. The van der Waals surface area contributed by atoms with Crippen molar-refractivity contribution < 1.29 is 4.74 Å². The van der Waals surface area contributed by atoms with E-state index >= 15 is 0 Å². The zero-order chi connectivity index (χ0) is 14.8. The SMILES string of the molecule is c1ccc2nc(Nc3cnn(C[C@H]4CCCO4)c3)cnc2c1. The summed E-state index contributed by atoms with van der Waals surface area (Å²) in [7, 11) is 0. The van der Waals surface area contributed by atoms with E-state index in [2.05, 4.69) is 20.4 Å². The molecule has 3 aromatic rings. The number of anilines is 2. The molecular weight excluding hydrogens is 278 g/mol.